The number of para-hydroxylation sites is 1. The summed E-state index contributed by atoms with van der Waals surface area (Å²) in [5.74, 6) is -1.17. The number of fused-ring (bicyclic) bond motifs is 1. The Kier molecular flexibility index (Phi) is 4.29. The summed E-state index contributed by atoms with van der Waals surface area (Å²) in [4.78, 5) is 22.5. The van der Waals surface area contributed by atoms with Crippen LogP contribution in [0.4, 0.5) is 0 Å². The van der Waals surface area contributed by atoms with E-state index in [1.165, 1.54) is 0 Å². The van der Waals surface area contributed by atoms with Gasteiger partial charge in [0.15, 0.2) is 0 Å². The minimum absolute atomic E-state index is 0.0309. The fourth-order valence-corrected chi connectivity index (χ4v) is 2.50. The molecule has 0 unspecified atom stereocenters. The normalized spacial score (nSPS) is 10.7. The van der Waals surface area contributed by atoms with Crippen LogP contribution in [0.3, 0.4) is 0 Å². The molecule has 0 aliphatic heterocycles. The number of benzene rings is 1. The molecule has 1 amide bonds. The second-order valence-corrected chi connectivity index (χ2v) is 4.87. The number of carbonyl (C=O) groups excluding carboxylic acids is 1. The predicted molar refractivity (Wildman–Crippen MR) is 77.1 cm³/mol. The highest BCUT2D eigenvalue weighted by molar-refractivity contribution is 6.38. The molecule has 106 valence electrons. The SMILES string of the molecule is Cn1c(C(=O)NCCCC(=O)O)c(Cl)c2ccccc21. The van der Waals surface area contributed by atoms with Crippen LogP contribution >= 0.6 is 11.6 Å². The number of amides is 1. The molecule has 0 radical (unpaired) electrons. The highest BCUT2D eigenvalue weighted by Crippen LogP contribution is 2.29. The van der Waals surface area contributed by atoms with Gasteiger partial charge in [-0.1, -0.05) is 29.8 Å². The van der Waals surface area contributed by atoms with Crippen LogP contribution in [0, 0.1) is 0 Å². The largest absolute Gasteiger partial charge is 0.481 e. The number of aromatic nitrogens is 1. The maximum absolute atomic E-state index is 12.1. The van der Waals surface area contributed by atoms with Crippen molar-refractivity contribution in [3.05, 3.63) is 35.0 Å². The molecule has 1 aromatic carbocycles. The lowest BCUT2D eigenvalue weighted by atomic mass is 10.2. The molecular weight excluding hydrogens is 280 g/mol. The fraction of sp³-hybridized carbons (Fsp3) is 0.286. The molecule has 0 spiro atoms. The topological polar surface area (TPSA) is 71.3 Å². The van der Waals surface area contributed by atoms with E-state index in [1.807, 2.05) is 24.3 Å². The van der Waals surface area contributed by atoms with Crippen molar-refractivity contribution in [1.29, 1.82) is 0 Å². The molecule has 20 heavy (non-hydrogen) atoms. The van der Waals surface area contributed by atoms with Gasteiger partial charge in [0.1, 0.15) is 5.69 Å². The van der Waals surface area contributed by atoms with E-state index in [9.17, 15) is 9.59 Å². The summed E-state index contributed by atoms with van der Waals surface area (Å²) in [5.41, 5.74) is 1.27. The van der Waals surface area contributed by atoms with Gasteiger partial charge in [0.05, 0.1) is 5.02 Å². The van der Waals surface area contributed by atoms with Gasteiger partial charge in [-0.3, -0.25) is 9.59 Å². The Morgan fingerprint density at radius 3 is 2.70 bits per heavy atom. The summed E-state index contributed by atoms with van der Waals surface area (Å²) < 4.78 is 1.74. The van der Waals surface area contributed by atoms with Crippen LogP contribution in [0.5, 0.6) is 0 Å². The van der Waals surface area contributed by atoms with Gasteiger partial charge >= 0.3 is 5.97 Å². The second kappa shape index (κ2) is 5.96. The number of carboxylic acid groups (broad SMARTS) is 1. The van der Waals surface area contributed by atoms with E-state index in [0.29, 0.717) is 23.7 Å². The highest BCUT2D eigenvalue weighted by atomic mass is 35.5. The molecule has 1 heterocycles. The van der Waals surface area contributed by atoms with E-state index in [0.717, 1.165) is 10.9 Å². The van der Waals surface area contributed by atoms with Crippen molar-refractivity contribution in [2.45, 2.75) is 12.8 Å². The molecular formula is C14H15ClN2O3. The number of aryl methyl sites for hydroxylation is 1. The number of rotatable bonds is 5. The Morgan fingerprint density at radius 2 is 2.05 bits per heavy atom. The average Bonchev–Trinajstić information content (AvgIpc) is 2.67. The Bertz CT molecular complexity index is 625. The Labute approximate surface area is 121 Å². The van der Waals surface area contributed by atoms with Crippen LogP contribution < -0.4 is 5.32 Å². The van der Waals surface area contributed by atoms with E-state index in [-0.39, 0.29) is 12.3 Å². The highest BCUT2D eigenvalue weighted by Gasteiger charge is 2.19. The number of carbonyl (C=O) groups is 2. The number of carboxylic acids is 1. The average molecular weight is 295 g/mol. The predicted octanol–water partition coefficient (Wildman–Crippen LogP) is 2.43. The van der Waals surface area contributed by atoms with Crippen LogP contribution in [0.25, 0.3) is 10.9 Å². The van der Waals surface area contributed by atoms with Gasteiger partial charge in [-0.05, 0) is 12.5 Å². The zero-order valence-electron chi connectivity index (χ0n) is 11.0. The third kappa shape index (κ3) is 2.77. The van der Waals surface area contributed by atoms with Crippen molar-refractivity contribution in [2.75, 3.05) is 6.54 Å². The molecule has 0 bridgehead atoms. The number of nitrogens with zero attached hydrogens (tertiary/aromatic N) is 1. The van der Waals surface area contributed by atoms with E-state index < -0.39 is 5.97 Å². The summed E-state index contributed by atoms with van der Waals surface area (Å²) in [6.45, 7) is 0.309. The molecule has 1 aromatic heterocycles. The van der Waals surface area contributed by atoms with Crippen molar-refractivity contribution in [3.63, 3.8) is 0 Å². The molecule has 6 heteroatoms. The lowest BCUT2D eigenvalue weighted by Gasteiger charge is -2.06. The van der Waals surface area contributed by atoms with Crippen LogP contribution in [-0.4, -0.2) is 28.1 Å². The Balaban J connectivity index is 2.16. The van der Waals surface area contributed by atoms with Gasteiger partial charge in [0.2, 0.25) is 0 Å². The molecule has 2 N–H and O–H groups in total. The molecule has 0 aliphatic rings. The van der Waals surface area contributed by atoms with Crippen molar-refractivity contribution < 1.29 is 14.7 Å². The van der Waals surface area contributed by atoms with E-state index >= 15 is 0 Å². The van der Waals surface area contributed by atoms with Crippen LogP contribution in [0.1, 0.15) is 23.3 Å². The van der Waals surface area contributed by atoms with E-state index in [4.69, 9.17) is 16.7 Å². The fourth-order valence-electron chi connectivity index (χ4n) is 2.12. The number of nitrogens with one attached hydrogen (secondary N) is 1. The lowest BCUT2D eigenvalue weighted by Crippen LogP contribution is -2.27. The first kappa shape index (κ1) is 14.4. The molecule has 5 nitrogen and oxygen atoms in total. The molecule has 0 fully saturated rings. The van der Waals surface area contributed by atoms with Gasteiger partial charge in [0.25, 0.3) is 5.91 Å². The van der Waals surface area contributed by atoms with Gasteiger partial charge in [0, 0.05) is 30.9 Å². The quantitative estimate of drug-likeness (QED) is 0.832. The number of hydrogen-bond donors (Lipinski definition) is 2. The zero-order chi connectivity index (χ0) is 14.7. The first-order valence-electron chi connectivity index (χ1n) is 6.25. The number of aliphatic carboxylic acids is 1. The summed E-state index contributed by atoms with van der Waals surface area (Å²) >= 11 is 6.24. The lowest BCUT2D eigenvalue weighted by molar-refractivity contribution is -0.137. The molecule has 2 aromatic rings. The summed E-state index contributed by atoms with van der Waals surface area (Å²) in [7, 11) is 1.78. The molecule has 2 rings (SSSR count). The van der Waals surface area contributed by atoms with Crippen LogP contribution in [-0.2, 0) is 11.8 Å². The summed E-state index contributed by atoms with van der Waals surface area (Å²) in [6, 6.07) is 7.50. The summed E-state index contributed by atoms with van der Waals surface area (Å²) in [6.07, 6.45) is 0.422. The van der Waals surface area contributed by atoms with Crippen molar-refractivity contribution in [2.24, 2.45) is 7.05 Å². The maximum Gasteiger partial charge on any atom is 0.303 e. The van der Waals surface area contributed by atoms with Crippen molar-refractivity contribution >= 4 is 34.4 Å². The third-order valence-electron chi connectivity index (χ3n) is 3.11. The molecule has 0 saturated carbocycles. The third-order valence-corrected chi connectivity index (χ3v) is 3.50. The monoisotopic (exact) mass is 294 g/mol. The molecule has 0 saturated heterocycles. The molecule has 0 aliphatic carbocycles. The Hall–Kier alpha value is -2.01. The minimum atomic E-state index is -0.873. The van der Waals surface area contributed by atoms with Gasteiger partial charge in [-0.2, -0.15) is 0 Å². The standard InChI is InChI=1S/C14H15ClN2O3/c1-17-10-6-3-2-5-9(10)12(15)13(17)14(20)16-8-4-7-11(18)19/h2-3,5-6H,4,7-8H2,1H3,(H,16,20)(H,18,19). The van der Waals surface area contributed by atoms with Crippen LogP contribution in [0.15, 0.2) is 24.3 Å². The van der Waals surface area contributed by atoms with Crippen molar-refractivity contribution in [3.8, 4) is 0 Å². The van der Waals surface area contributed by atoms with Gasteiger partial charge in [-0.15, -0.1) is 0 Å². The number of halogens is 1. The van der Waals surface area contributed by atoms with Gasteiger partial charge < -0.3 is 15.0 Å². The molecule has 0 atom stereocenters. The van der Waals surface area contributed by atoms with E-state index in [1.54, 1.807) is 11.6 Å². The maximum atomic E-state index is 12.1. The first-order chi connectivity index (χ1) is 9.52. The summed E-state index contributed by atoms with van der Waals surface area (Å²) in [5, 5.41) is 12.5. The first-order valence-corrected chi connectivity index (χ1v) is 6.63. The van der Waals surface area contributed by atoms with Crippen LogP contribution in [0.2, 0.25) is 5.02 Å². The Morgan fingerprint density at radius 1 is 1.35 bits per heavy atom. The zero-order valence-corrected chi connectivity index (χ0v) is 11.8. The second-order valence-electron chi connectivity index (χ2n) is 4.49. The van der Waals surface area contributed by atoms with Crippen molar-refractivity contribution in [1.82, 2.24) is 9.88 Å². The number of hydrogen-bond acceptors (Lipinski definition) is 2. The minimum Gasteiger partial charge on any atom is -0.481 e. The smallest absolute Gasteiger partial charge is 0.303 e. The van der Waals surface area contributed by atoms with Gasteiger partial charge in [-0.25, -0.2) is 0 Å². The van der Waals surface area contributed by atoms with E-state index in [2.05, 4.69) is 5.32 Å².